The van der Waals surface area contributed by atoms with Crippen LogP contribution < -0.4 is 10.2 Å². The number of pyridine rings is 1. The molecular weight excluding hydrogens is 396 g/mol. The van der Waals surface area contributed by atoms with Gasteiger partial charge in [0, 0.05) is 26.2 Å². The lowest BCUT2D eigenvalue weighted by Crippen LogP contribution is -2.36. The Balaban J connectivity index is 1.49. The summed E-state index contributed by atoms with van der Waals surface area (Å²) < 4.78 is 27.4. The number of carbonyl (C=O) groups is 1. The molecule has 2 saturated heterocycles. The second-order valence-corrected chi connectivity index (χ2v) is 9.95. The number of carbonyl (C=O) groups excluding carboxylic acids is 1. The van der Waals surface area contributed by atoms with Crippen molar-refractivity contribution < 1.29 is 13.2 Å². The molecule has 2 fully saturated rings. The predicted octanol–water partition coefficient (Wildman–Crippen LogP) is 3.17. The van der Waals surface area contributed by atoms with Gasteiger partial charge < -0.3 is 10.2 Å². The topological polar surface area (TPSA) is 82.6 Å². The van der Waals surface area contributed by atoms with Crippen LogP contribution in [-0.2, 0) is 10.0 Å². The molecule has 0 saturated carbocycles. The predicted molar refractivity (Wildman–Crippen MR) is 111 cm³/mol. The number of aromatic nitrogens is 1. The maximum Gasteiger partial charge on any atom is 0.267 e. The standard InChI is InChI=1S/C19H24N4O3S2/c24-19(21-15-6-7-17(20-14-15)22-9-4-5-10-22)18-16(8-13-27-18)28(25,26)23-11-2-1-3-12-23/h6-8,13-14H,1-5,9-12H2,(H,21,24). The Labute approximate surface area is 169 Å². The minimum absolute atomic E-state index is 0.0959. The second-order valence-electron chi connectivity index (χ2n) is 7.13. The van der Waals surface area contributed by atoms with Crippen LogP contribution in [0, 0.1) is 0 Å². The summed E-state index contributed by atoms with van der Waals surface area (Å²) in [7, 11) is -3.64. The fourth-order valence-corrected chi connectivity index (χ4v) is 6.50. The van der Waals surface area contributed by atoms with Gasteiger partial charge in [-0.25, -0.2) is 13.4 Å². The molecule has 1 amide bonds. The first-order valence-electron chi connectivity index (χ1n) is 9.66. The number of hydrogen-bond donors (Lipinski definition) is 1. The van der Waals surface area contributed by atoms with E-state index in [1.54, 1.807) is 11.6 Å². The third-order valence-corrected chi connectivity index (χ3v) is 8.19. The maximum atomic E-state index is 13.0. The Kier molecular flexibility index (Phi) is 5.65. The minimum Gasteiger partial charge on any atom is -0.357 e. The summed E-state index contributed by atoms with van der Waals surface area (Å²) in [5.74, 6) is 0.487. The van der Waals surface area contributed by atoms with Crippen molar-refractivity contribution in [1.29, 1.82) is 0 Å². The highest BCUT2D eigenvalue weighted by Gasteiger charge is 2.31. The zero-order valence-electron chi connectivity index (χ0n) is 15.6. The molecule has 2 aromatic heterocycles. The Bertz CT molecular complexity index is 928. The normalized spacial score (nSPS) is 18.4. The number of anilines is 2. The number of sulfonamides is 1. The lowest BCUT2D eigenvalue weighted by Gasteiger charge is -2.25. The Morgan fingerprint density at radius 1 is 1.00 bits per heavy atom. The van der Waals surface area contributed by atoms with Crippen LogP contribution in [0.25, 0.3) is 0 Å². The second kappa shape index (κ2) is 8.18. The monoisotopic (exact) mass is 420 g/mol. The van der Waals surface area contributed by atoms with Gasteiger partial charge in [0.15, 0.2) is 0 Å². The van der Waals surface area contributed by atoms with Crippen molar-refractivity contribution in [3.05, 3.63) is 34.7 Å². The van der Waals surface area contributed by atoms with E-state index < -0.39 is 15.9 Å². The first-order valence-corrected chi connectivity index (χ1v) is 12.0. The lowest BCUT2D eigenvalue weighted by atomic mass is 10.2. The van der Waals surface area contributed by atoms with Crippen molar-refractivity contribution in [2.24, 2.45) is 0 Å². The SMILES string of the molecule is O=C(Nc1ccc(N2CCCC2)nc1)c1sccc1S(=O)(=O)N1CCCCC1. The van der Waals surface area contributed by atoms with Crippen molar-refractivity contribution in [3.8, 4) is 0 Å². The van der Waals surface area contributed by atoms with Crippen LogP contribution >= 0.6 is 11.3 Å². The summed E-state index contributed by atoms with van der Waals surface area (Å²) in [5, 5.41) is 4.44. The number of thiophene rings is 1. The van der Waals surface area contributed by atoms with E-state index in [4.69, 9.17) is 0 Å². The molecule has 28 heavy (non-hydrogen) atoms. The molecule has 0 spiro atoms. The highest BCUT2D eigenvalue weighted by Crippen LogP contribution is 2.28. The average molecular weight is 421 g/mol. The fraction of sp³-hybridized carbons (Fsp3) is 0.474. The number of hydrogen-bond acceptors (Lipinski definition) is 6. The van der Waals surface area contributed by atoms with Gasteiger partial charge in [-0.2, -0.15) is 4.31 Å². The van der Waals surface area contributed by atoms with E-state index >= 15 is 0 Å². The van der Waals surface area contributed by atoms with E-state index in [-0.39, 0.29) is 9.77 Å². The molecular formula is C19H24N4O3S2. The van der Waals surface area contributed by atoms with Crippen molar-refractivity contribution in [2.45, 2.75) is 37.0 Å². The smallest absolute Gasteiger partial charge is 0.267 e. The van der Waals surface area contributed by atoms with Gasteiger partial charge in [0.05, 0.1) is 11.9 Å². The molecule has 7 nitrogen and oxygen atoms in total. The third kappa shape index (κ3) is 3.92. The molecule has 0 atom stereocenters. The average Bonchev–Trinajstić information content (AvgIpc) is 3.42. The number of amides is 1. The van der Waals surface area contributed by atoms with Gasteiger partial charge in [-0.1, -0.05) is 6.42 Å². The fourth-order valence-electron chi connectivity index (χ4n) is 3.69. The van der Waals surface area contributed by atoms with Crippen LogP contribution in [0.3, 0.4) is 0 Å². The molecule has 0 unspecified atom stereocenters. The first kappa shape index (κ1) is 19.4. The third-order valence-electron chi connectivity index (χ3n) is 5.20. The first-order chi connectivity index (χ1) is 13.6. The minimum atomic E-state index is -3.64. The van der Waals surface area contributed by atoms with Crippen LogP contribution in [-0.4, -0.2) is 49.8 Å². The molecule has 0 radical (unpaired) electrons. The van der Waals surface area contributed by atoms with Crippen molar-refractivity contribution >= 4 is 38.8 Å². The van der Waals surface area contributed by atoms with E-state index in [9.17, 15) is 13.2 Å². The summed E-state index contributed by atoms with van der Waals surface area (Å²) >= 11 is 1.14. The molecule has 0 bridgehead atoms. The van der Waals surface area contributed by atoms with Gasteiger partial charge in [0.25, 0.3) is 5.91 Å². The van der Waals surface area contributed by atoms with Gasteiger partial charge >= 0.3 is 0 Å². The van der Waals surface area contributed by atoms with Crippen LogP contribution in [0.2, 0.25) is 0 Å². The molecule has 4 heterocycles. The number of rotatable bonds is 5. The molecule has 2 aliphatic heterocycles. The molecule has 1 N–H and O–H groups in total. The lowest BCUT2D eigenvalue weighted by molar-refractivity contribution is 0.102. The summed E-state index contributed by atoms with van der Waals surface area (Å²) in [5.41, 5.74) is 0.558. The van der Waals surface area contributed by atoms with E-state index in [1.807, 2.05) is 12.1 Å². The number of nitrogens with one attached hydrogen (secondary N) is 1. The maximum absolute atomic E-state index is 13.0. The summed E-state index contributed by atoms with van der Waals surface area (Å²) in [4.78, 5) is 19.7. The van der Waals surface area contributed by atoms with Crippen molar-refractivity contribution in [3.63, 3.8) is 0 Å². The number of nitrogens with zero attached hydrogens (tertiary/aromatic N) is 3. The van der Waals surface area contributed by atoms with Gasteiger partial charge in [0.1, 0.15) is 15.6 Å². The van der Waals surface area contributed by atoms with Crippen LogP contribution in [0.1, 0.15) is 41.8 Å². The summed E-state index contributed by atoms with van der Waals surface area (Å²) in [6, 6.07) is 5.23. The van der Waals surface area contributed by atoms with Gasteiger partial charge in [0.2, 0.25) is 10.0 Å². The Hall–Kier alpha value is -1.97. The largest absolute Gasteiger partial charge is 0.357 e. The molecule has 9 heteroatoms. The highest BCUT2D eigenvalue weighted by molar-refractivity contribution is 7.89. The quantitative estimate of drug-likeness (QED) is 0.803. The van der Waals surface area contributed by atoms with Gasteiger partial charge in [-0.05, 0) is 49.3 Å². The van der Waals surface area contributed by atoms with Crippen LogP contribution in [0.4, 0.5) is 11.5 Å². The van der Waals surface area contributed by atoms with Crippen LogP contribution in [0.5, 0.6) is 0 Å². The van der Waals surface area contributed by atoms with Crippen LogP contribution in [0.15, 0.2) is 34.7 Å². The molecule has 4 rings (SSSR count). The van der Waals surface area contributed by atoms with E-state index in [2.05, 4.69) is 15.2 Å². The summed E-state index contributed by atoms with van der Waals surface area (Å²) in [6.45, 7) is 3.04. The van der Waals surface area contributed by atoms with Crippen molar-refractivity contribution in [1.82, 2.24) is 9.29 Å². The molecule has 0 aromatic carbocycles. The van der Waals surface area contributed by atoms with Gasteiger partial charge in [-0.3, -0.25) is 4.79 Å². The van der Waals surface area contributed by atoms with Crippen molar-refractivity contribution in [2.75, 3.05) is 36.4 Å². The molecule has 0 aliphatic carbocycles. The Morgan fingerprint density at radius 3 is 2.39 bits per heavy atom. The van der Waals surface area contributed by atoms with E-state index in [1.165, 1.54) is 23.2 Å². The van der Waals surface area contributed by atoms with E-state index in [0.29, 0.717) is 18.8 Å². The Morgan fingerprint density at radius 2 is 1.71 bits per heavy atom. The molecule has 2 aliphatic rings. The highest BCUT2D eigenvalue weighted by atomic mass is 32.2. The zero-order valence-corrected chi connectivity index (χ0v) is 17.3. The number of piperidine rings is 1. The molecule has 150 valence electrons. The summed E-state index contributed by atoms with van der Waals surface area (Å²) in [6.07, 6.45) is 6.74. The van der Waals surface area contributed by atoms with Gasteiger partial charge in [-0.15, -0.1) is 11.3 Å². The van der Waals surface area contributed by atoms with E-state index in [0.717, 1.165) is 49.5 Å². The molecule has 2 aromatic rings. The zero-order chi connectivity index (χ0) is 19.6.